The molecule has 0 aliphatic heterocycles. The Kier molecular flexibility index (Phi) is 4.99. The van der Waals surface area contributed by atoms with Gasteiger partial charge in [-0.2, -0.15) is 0 Å². The molecule has 0 amide bonds. The van der Waals surface area contributed by atoms with Crippen LogP contribution in [-0.4, -0.2) is 5.11 Å². The fourth-order valence-corrected chi connectivity index (χ4v) is 3.11. The van der Waals surface area contributed by atoms with Gasteiger partial charge < -0.3 is 5.11 Å². The standard InChI is InChI=1S/C23H22O2/c1-16(2)19-13-14-20(23(25)21(24)15-19)22(17-9-5-3-6-10-17)18-11-7-4-8-12-18/h3-16,22H,1-2H3,(H,24,25). The fourth-order valence-electron chi connectivity index (χ4n) is 3.11. The van der Waals surface area contributed by atoms with Gasteiger partial charge in [0.05, 0.1) is 0 Å². The molecule has 1 N–H and O–H groups in total. The Bertz CT molecular complexity index is 860. The van der Waals surface area contributed by atoms with Crippen LogP contribution in [0.3, 0.4) is 0 Å². The van der Waals surface area contributed by atoms with Crippen LogP contribution in [-0.2, 0) is 0 Å². The van der Waals surface area contributed by atoms with Gasteiger partial charge in [0.15, 0.2) is 5.75 Å². The van der Waals surface area contributed by atoms with Gasteiger partial charge in [0.2, 0.25) is 5.43 Å². The molecule has 0 saturated heterocycles. The second-order valence-electron chi connectivity index (χ2n) is 6.55. The summed E-state index contributed by atoms with van der Waals surface area (Å²) in [6.07, 6.45) is 0. The lowest BCUT2D eigenvalue weighted by Gasteiger charge is -2.18. The smallest absolute Gasteiger partial charge is 0.220 e. The van der Waals surface area contributed by atoms with E-state index in [1.54, 1.807) is 0 Å². The highest BCUT2D eigenvalue weighted by molar-refractivity contribution is 5.48. The Morgan fingerprint density at radius 2 is 1.24 bits per heavy atom. The Balaban J connectivity index is 2.26. The Hall–Kier alpha value is -2.87. The Morgan fingerprint density at radius 3 is 1.72 bits per heavy atom. The molecule has 25 heavy (non-hydrogen) atoms. The van der Waals surface area contributed by atoms with Crippen LogP contribution in [0.1, 0.15) is 47.9 Å². The molecule has 3 aromatic carbocycles. The average Bonchev–Trinajstić information content (AvgIpc) is 2.78. The quantitative estimate of drug-likeness (QED) is 0.726. The third-order valence-electron chi connectivity index (χ3n) is 4.50. The summed E-state index contributed by atoms with van der Waals surface area (Å²) < 4.78 is 0. The molecule has 3 aromatic rings. The first-order chi connectivity index (χ1) is 12.1. The topological polar surface area (TPSA) is 37.3 Å². The van der Waals surface area contributed by atoms with E-state index in [4.69, 9.17) is 0 Å². The van der Waals surface area contributed by atoms with Gasteiger partial charge in [-0.1, -0.05) is 86.6 Å². The summed E-state index contributed by atoms with van der Waals surface area (Å²) >= 11 is 0. The van der Waals surface area contributed by atoms with E-state index < -0.39 is 0 Å². The van der Waals surface area contributed by atoms with Crippen LogP contribution in [0.4, 0.5) is 0 Å². The number of aromatic hydroxyl groups is 1. The van der Waals surface area contributed by atoms with Gasteiger partial charge >= 0.3 is 0 Å². The molecule has 0 aliphatic carbocycles. The summed E-state index contributed by atoms with van der Waals surface area (Å²) in [5.74, 6) is -0.147. The maximum atomic E-state index is 12.5. The Labute approximate surface area is 148 Å². The number of rotatable bonds is 4. The van der Waals surface area contributed by atoms with Gasteiger partial charge in [-0.15, -0.1) is 0 Å². The van der Waals surface area contributed by atoms with Crippen LogP contribution in [0.2, 0.25) is 0 Å². The molecular weight excluding hydrogens is 308 g/mol. The van der Waals surface area contributed by atoms with Crippen LogP contribution in [0, 0.1) is 0 Å². The van der Waals surface area contributed by atoms with Gasteiger partial charge in [-0.05, 0) is 28.7 Å². The molecule has 0 fully saturated rings. The average molecular weight is 330 g/mol. The fraction of sp³-hybridized carbons (Fsp3) is 0.174. The monoisotopic (exact) mass is 330 g/mol. The van der Waals surface area contributed by atoms with E-state index in [1.807, 2.05) is 86.6 Å². The molecule has 2 nitrogen and oxygen atoms in total. The van der Waals surface area contributed by atoms with Gasteiger partial charge in [-0.3, -0.25) is 4.79 Å². The number of benzene rings is 2. The highest BCUT2D eigenvalue weighted by Crippen LogP contribution is 2.35. The molecule has 0 aromatic heterocycles. The summed E-state index contributed by atoms with van der Waals surface area (Å²) in [6.45, 7) is 4.08. The molecule has 126 valence electrons. The van der Waals surface area contributed by atoms with Crippen molar-refractivity contribution >= 4 is 0 Å². The number of hydrogen-bond acceptors (Lipinski definition) is 2. The predicted molar refractivity (Wildman–Crippen MR) is 102 cm³/mol. The minimum Gasteiger partial charge on any atom is -0.504 e. The molecule has 3 rings (SSSR count). The second-order valence-corrected chi connectivity index (χ2v) is 6.55. The lowest BCUT2D eigenvalue weighted by Crippen LogP contribution is -2.06. The third kappa shape index (κ3) is 3.63. The lowest BCUT2D eigenvalue weighted by atomic mass is 9.85. The molecule has 0 atom stereocenters. The zero-order valence-electron chi connectivity index (χ0n) is 14.5. The third-order valence-corrected chi connectivity index (χ3v) is 4.50. The van der Waals surface area contributed by atoms with Gasteiger partial charge in [-0.25, -0.2) is 0 Å². The molecule has 0 aliphatic rings. The molecule has 0 saturated carbocycles. The number of hydrogen-bond donors (Lipinski definition) is 1. The first-order valence-corrected chi connectivity index (χ1v) is 8.55. The normalized spacial score (nSPS) is 11.0. The van der Waals surface area contributed by atoms with Crippen LogP contribution < -0.4 is 5.43 Å². The minimum atomic E-state index is -0.333. The lowest BCUT2D eigenvalue weighted by molar-refractivity contribution is 0.463. The van der Waals surface area contributed by atoms with Crippen LogP contribution in [0.25, 0.3) is 0 Å². The van der Waals surface area contributed by atoms with Gasteiger partial charge in [0, 0.05) is 11.5 Å². The van der Waals surface area contributed by atoms with Crippen molar-refractivity contribution in [1.29, 1.82) is 0 Å². The molecule has 0 spiro atoms. The maximum absolute atomic E-state index is 12.5. The highest BCUT2D eigenvalue weighted by Gasteiger charge is 2.20. The maximum Gasteiger partial charge on any atom is 0.220 e. The summed E-state index contributed by atoms with van der Waals surface area (Å²) in [7, 11) is 0. The molecule has 0 bridgehead atoms. The van der Waals surface area contributed by atoms with Crippen molar-refractivity contribution in [2.24, 2.45) is 0 Å². The van der Waals surface area contributed by atoms with Crippen LogP contribution in [0.5, 0.6) is 5.75 Å². The van der Waals surface area contributed by atoms with E-state index in [-0.39, 0.29) is 23.0 Å². The van der Waals surface area contributed by atoms with E-state index in [0.29, 0.717) is 5.56 Å². The zero-order valence-corrected chi connectivity index (χ0v) is 14.5. The molecule has 0 heterocycles. The molecule has 0 unspecified atom stereocenters. The molecule has 0 radical (unpaired) electrons. The van der Waals surface area contributed by atoms with Gasteiger partial charge in [0.1, 0.15) is 0 Å². The van der Waals surface area contributed by atoms with Crippen molar-refractivity contribution < 1.29 is 5.11 Å². The summed E-state index contributed by atoms with van der Waals surface area (Å²) in [4.78, 5) is 12.5. The first kappa shape index (κ1) is 17.0. The summed E-state index contributed by atoms with van der Waals surface area (Å²) in [5.41, 5.74) is 3.31. The van der Waals surface area contributed by atoms with Crippen molar-refractivity contribution in [2.45, 2.75) is 25.7 Å². The van der Waals surface area contributed by atoms with Crippen molar-refractivity contribution in [1.82, 2.24) is 0 Å². The summed E-state index contributed by atoms with van der Waals surface area (Å²) in [6, 6.07) is 25.3. The van der Waals surface area contributed by atoms with E-state index in [9.17, 15) is 9.90 Å². The van der Waals surface area contributed by atoms with E-state index in [0.717, 1.165) is 16.7 Å². The SMILES string of the molecule is CC(C)c1ccc(C(c2ccccc2)c2ccccc2)c(O)c(=O)c1. The van der Waals surface area contributed by atoms with Crippen molar-refractivity contribution in [3.05, 3.63) is 111 Å². The van der Waals surface area contributed by atoms with Crippen LogP contribution >= 0.6 is 0 Å². The van der Waals surface area contributed by atoms with Crippen molar-refractivity contribution in [2.75, 3.05) is 0 Å². The first-order valence-electron chi connectivity index (χ1n) is 8.55. The summed E-state index contributed by atoms with van der Waals surface area (Å²) in [5, 5.41) is 10.6. The molecular formula is C23H22O2. The highest BCUT2D eigenvalue weighted by atomic mass is 16.3. The predicted octanol–water partition coefficient (Wildman–Crippen LogP) is 5.06. The zero-order chi connectivity index (χ0) is 17.8. The van der Waals surface area contributed by atoms with E-state index in [1.165, 1.54) is 6.07 Å². The molecule has 2 heteroatoms. The van der Waals surface area contributed by atoms with E-state index >= 15 is 0 Å². The van der Waals surface area contributed by atoms with Crippen molar-refractivity contribution in [3.63, 3.8) is 0 Å². The van der Waals surface area contributed by atoms with Gasteiger partial charge in [0.25, 0.3) is 0 Å². The Morgan fingerprint density at radius 1 is 0.720 bits per heavy atom. The largest absolute Gasteiger partial charge is 0.504 e. The second kappa shape index (κ2) is 7.35. The van der Waals surface area contributed by atoms with Crippen LogP contribution in [0.15, 0.2) is 83.7 Å². The van der Waals surface area contributed by atoms with Crippen molar-refractivity contribution in [3.8, 4) is 5.75 Å². The minimum absolute atomic E-state index is 0.176. The van der Waals surface area contributed by atoms with E-state index in [2.05, 4.69) is 0 Å².